The van der Waals surface area contributed by atoms with Crippen LogP contribution in [-0.2, 0) is 6.42 Å². The number of nitrogens with one attached hydrogen (secondary N) is 1. The van der Waals surface area contributed by atoms with Crippen LogP contribution in [0.25, 0.3) is 0 Å². The van der Waals surface area contributed by atoms with E-state index in [1.54, 1.807) is 5.56 Å². The predicted molar refractivity (Wildman–Crippen MR) is 89.6 cm³/mol. The van der Waals surface area contributed by atoms with Crippen LogP contribution in [0.1, 0.15) is 56.7 Å². The average molecular weight is 286 g/mol. The molecule has 0 spiro atoms. The van der Waals surface area contributed by atoms with E-state index in [4.69, 9.17) is 0 Å². The quantitative estimate of drug-likeness (QED) is 0.886. The van der Waals surface area contributed by atoms with Crippen molar-refractivity contribution >= 4 is 0 Å². The summed E-state index contributed by atoms with van der Waals surface area (Å²) in [5, 5.41) is 3.76. The summed E-state index contributed by atoms with van der Waals surface area (Å²) in [5.41, 5.74) is 3.09. The summed E-state index contributed by atoms with van der Waals surface area (Å²) in [6.07, 6.45) is 6.84. The van der Waals surface area contributed by atoms with Gasteiger partial charge in [0.15, 0.2) is 0 Å². The van der Waals surface area contributed by atoms with E-state index in [1.165, 1.54) is 50.8 Å². The fraction of sp³-hybridized carbons (Fsp3) is 0.684. The van der Waals surface area contributed by atoms with Crippen molar-refractivity contribution in [3.05, 3.63) is 35.4 Å². The number of nitrogens with zero attached hydrogens (tertiary/aromatic N) is 1. The van der Waals surface area contributed by atoms with E-state index in [-0.39, 0.29) is 0 Å². The molecule has 1 heterocycles. The lowest BCUT2D eigenvalue weighted by molar-refractivity contribution is 0.157. The summed E-state index contributed by atoms with van der Waals surface area (Å²) in [6, 6.07) is 10.4. The second-order valence-corrected chi connectivity index (χ2v) is 7.24. The molecular formula is C19H30N2. The lowest BCUT2D eigenvalue weighted by Crippen LogP contribution is -2.44. The van der Waals surface area contributed by atoms with Gasteiger partial charge >= 0.3 is 0 Å². The Morgan fingerprint density at radius 2 is 1.95 bits per heavy atom. The first-order chi connectivity index (χ1) is 10.2. The highest BCUT2D eigenvalue weighted by Gasteiger charge is 2.27. The van der Waals surface area contributed by atoms with E-state index in [9.17, 15) is 0 Å². The monoisotopic (exact) mass is 286 g/mol. The van der Waals surface area contributed by atoms with Crippen molar-refractivity contribution in [3.8, 4) is 0 Å². The molecule has 0 bridgehead atoms. The van der Waals surface area contributed by atoms with Gasteiger partial charge in [0, 0.05) is 25.2 Å². The maximum Gasteiger partial charge on any atom is 0.0452 e. The van der Waals surface area contributed by atoms with Crippen LogP contribution in [0.2, 0.25) is 0 Å². The van der Waals surface area contributed by atoms with Crippen molar-refractivity contribution in [1.82, 2.24) is 10.2 Å². The van der Waals surface area contributed by atoms with E-state index < -0.39 is 0 Å². The molecule has 1 aromatic rings. The van der Waals surface area contributed by atoms with Crippen LogP contribution in [-0.4, -0.2) is 30.6 Å². The molecule has 3 rings (SSSR count). The van der Waals surface area contributed by atoms with Crippen LogP contribution in [0.4, 0.5) is 0 Å². The van der Waals surface area contributed by atoms with Crippen LogP contribution >= 0.6 is 0 Å². The summed E-state index contributed by atoms with van der Waals surface area (Å²) >= 11 is 0. The maximum absolute atomic E-state index is 3.76. The lowest BCUT2D eigenvalue weighted by Gasteiger charge is -2.36. The fourth-order valence-electron chi connectivity index (χ4n) is 4.10. The van der Waals surface area contributed by atoms with Gasteiger partial charge in [-0.05, 0) is 42.9 Å². The zero-order chi connectivity index (χ0) is 14.7. The first-order valence-corrected chi connectivity index (χ1v) is 8.79. The predicted octanol–water partition coefficient (Wildman–Crippen LogP) is 3.77. The van der Waals surface area contributed by atoms with E-state index >= 15 is 0 Å². The summed E-state index contributed by atoms with van der Waals surface area (Å²) in [5.74, 6) is 0.754. The third-order valence-corrected chi connectivity index (χ3v) is 5.07. The van der Waals surface area contributed by atoms with Gasteiger partial charge in [0.2, 0.25) is 0 Å². The molecule has 116 valence electrons. The Balaban J connectivity index is 1.73. The minimum Gasteiger partial charge on any atom is -0.309 e. The molecule has 2 aliphatic rings. The van der Waals surface area contributed by atoms with E-state index in [1.807, 2.05) is 0 Å². The highest BCUT2D eigenvalue weighted by atomic mass is 15.2. The lowest BCUT2D eigenvalue weighted by atomic mass is 9.93. The molecule has 21 heavy (non-hydrogen) atoms. The molecule has 1 fully saturated rings. The van der Waals surface area contributed by atoms with Crippen LogP contribution in [0.5, 0.6) is 0 Å². The largest absolute Gasteiger partial charge is 0.309 e. The first-order valence-electron chi connectivity index (χ1n) is 8.79. The Labute approximate surface area is 129 Å². The summed E-state index contributed by atoms with van der Waals surface area (Å²) < 4.78 is 0. The molecule has 1 aliphatic carbocycles. The Hall–Kier alpha value is -0.860. The maximum atomic E-state index is 3.76. The van der Waals surface area contributed by atoms with Gasteiger partial charge < -0.3 is 5.32 Å². The Morgan fingerprint density at radius 1 is 1.19 bits per heavy atom. The van der Waals surface area contributed by atoms with E-state index in [2.05, 4.69) is 48.3 Å². The molecule has 0 saturated heterocycles. The molecule has 1 N–H and O–H groups in total. The number of hydrogen-bond acceptors (Lipinski definition) is 2. The molecule has 0 aromatic heterocycles. The average Bonchev–Trinajstić information content (AvgIpc) is 3.01. The van der Waals surface area contributed by atoms with Crippen molar-refractivity contribution in [2.45, 2.75) is 58.0 Å². The summed E-state index contributed by atoms with van der Waals surface area (Å²) in [4.78, 5) is 2.78. The van der Waals surface area contributed by atoms with Crippen molar-refractivity contribution in [2.24, 2.45) is 5.92 Å². The van der Waals surface area contributed by atoms with Gasteiger partial charge in [-0.1, -0.05) is 51.0 Å². The molecule has 1 atom stereocenters. The Morgan fingerprint density at radius 3 is 2.71 bits per heavy atom. The van der Waals surface area contributed by atoms with Crippen LogP contribution in [0, 0.1) is 5.92 Å². The van der Waals surface area contributed by atoms with Crippen molar-refractivity contribution in [2.75, 3.05) is 19.6 Å². The smallest absolute Gasteiger partial charge is 0.0452 e. The van der Waals surface area contributed by atoms with E-state index in [0.29, 0.717) is 6.04 Å². The van der Waals surface area contributed by atoms with Gasteiger partial charge in [-0.25, -0.2) is 0 Å². The number of hydrogen-bond donors (Lipinski definition) is 1. The zero-order valence-electron chi connectivity index (χ0n) is 13.6. The molecule has 1 unspecified atom stereocenters. The van der Waals surface area contributed by atoms with E-state index in [0.717, 1.165) is 18.5 Å². The van der Waals surface area contributed by atoms with Crippen molar-refractivity contribution in [1.29, 1.82) is 0 Å². The van der Waals surface area contributed by atoms with Crippen LogP contribution in [0.3, 0.4) is 0 Å². The minimum atomic E-state index is 0.522. The molecular weight excluding hydrogens is 256 g/mol. The topological polar surface area (TPSA) is 15.3 Å². The second kappa shape index (κ2) is 6.93. The number of rotatable bonds is 5. The van der Waals surface area contributed by atoms with Crippen LogP contribution in [0.15, 0.2) is 24.3 Å². The number of fused-ring (bicyclic) bond motifs is 1. The molecule has 2 heteroatoms. The third kappa shape index (κ3) is 3.67. The van der Waals surface area contributed by atoms with Crippen molar-refractivity contribution in [3.63, 3.8) is 0 Å². The fourth-order valence-corrected chi connectivity index (χ4v) is 4.10. The van der Waals surface area contributed by atoms with Crippen LogP contribution < -0.4 is 5.32 Å². The number of benzene rings is 1. The van der Waals surface area contributed by atoms with Gasteiger partial charge in [0.1, 0.15) is 0 Å². The Kier molecular flexibility index (Phi) is 4.97. The van der Waals surface area contributed by atoms with Gasteiger partial charge in [-0.15, -0.1) is 0 Å². The summed E-state index contributed by atoms with van der Waals surface area (Å²) in [6.45, 7) is 8.25. The summed E-state index contributed by atoms with van der Waals surface area (Å²) in [7, 11) is 0. The molecule has 0 radical (unpaired) electrons. The first kappa shape index (κ1) is 15.1. The highest BCUT2D eigenvalue weighted by molar-refractivity contribution is 5.32. The molecule has 1 aromatic carbocycles. The molecule has 0 amide bonds. The SMILES string of the molecule is CC(C)CN(CC1NCCc2ccccc21)C1CCCC1. The van der Waals surface area contributed by atoms with Gasteiger partial charge in [0.25, 0.3) is 0 Å². The van der Waals surface area contributed by atoms with Gasteiger partial charge in [0.05, 0.1) is 0 Å². The molecule has 1 saturated carbocycles. The zero-order valence-corrected chi connectivity index (χ0v) is 13.6. The highest BCUT2D eigenvalue weighted by Crippen LogP contribution is 2.28. The molecule has 2 nitrogen and oxygen atoms in total. The second-order valence-electron chi connectivity index (χ2n) is 7.24. The Bertz CT molecular complexity index is 449. The molecule has 1 aliphatic heterocycles. The van der Waals surface area contributed by atoms with Crippen molar-refractivity contribution < 1.29 is 0 Å². The normalized spacial score (nSPS) is 23.0. The van der Waals surface area contributed by atoms with Gasteiger partial charge in [-0.2, -0.15) is 0 Å². The minimum absolute atomic E-state index is 0.522. The standard InChI is InChI=1S/C19H30N2/c1-15(2)13-21(17-8-4-5-9-17)14-19-18-10-6-3-7-16(18)11-12-20-19/h3,6-7,10,15,17,19-20H,4-5,8-9,11-14H2,1-2H3. The van der Waals surface area contributed by atoms with Gasteiger partial charge in [-0.3, -0.25) is 4.90 Å². The third-order valence-electron chi connectivity index (χ3n) is 5.07.